The highest BCUT2D eigenvalue weighted by Crippen LogP contribution is 2.42. The first-order valence-electron chi connectivity index (χ1n) is 21.3. The summed E-state index contributed by atoms with van der Waals surface area (Å²) in [6.07, 6.45) is -18.2. The van der Waals surface area contributed by atoms with Gasteiger partial charge in [0.1, 0.15) is 42.7 Å². The lowest BCUT2D eigenvalue weighted by molar-refractivity contribution is -0.285. The number of nitrogens with one attached hydrogen (secondary N) is 2. The highest BCUT2D eigenvalue weighted by molar-refractivity contribution is 7.46. The maximum Gasteiger partial charge on any atom is 0.470 e. The third kappa shape index (κ3) is 18.6. The first-order chi connectivity index (χ1) is 29.6. The van der Waals surface area contributed by atoms with E-state index in [0.29, 0.717) is 0 Å². The topological polar surface area (TPSA) is 339 Å². The molecule has 0 aliphatic carbocycles. The van der Waals surface area contributed by atoms with Crippen molar-refractivity contribution in [3.05, 3.63) is 0 Å². The van der Waals surface area contributed by atoms with E-state index < -0.39 is 162 Å². The smallest absolute Gasteiger partial charge is 0.462 e. The van der Waals surface area contributed by atoms with Crippen molar-refractivity contribution in [2.45, 2.75) is 198 Å². The normalized spacial score (nSPS) is 28.1. The molecule has 0 spiro atoms. The fourth-order valence-electron chi connectivity index (χ4n) is 6.63. The third-order valence-electron chi connectivity index (χ3n) is 10.3. The van der Waals surface area contributed by atoms with Gasteiger partial charge < -0.3 is 74.0 Å². The summed E-state index contributed by atoms with van der Waals surface area (Å²) < 4.78 is 57.2. The van der Waals surface area contributed by atoms with Crippen LogP contribution in [-0.4, -0.2) is 165 Å². The molecule has 2 aliphatic heterocycles. The zero-order chi connectivity index (χ0) is 47.6. The quantitative estimate of drug-likeness (QED) is 0.0314. The number of ether oxygens (including phenoxy) is 7. The average molecular weight is 931 g/mol. The Morgan fingerprint density at radius 2 is 1.16 bits per heavy atom. The van der Waals surface area contributed by atoms with Gasteiger partial charge in [-0.05, 0) is 32.6 Å². The molecule has 0 bridgehead atoms. The summed E-state index contributed by atoms with van der Waals surface area (Å²) in [7, 11) is -5.47. The van der Waals surface area contributed by atoms with Crippen LogP contribution in [0.1, 0.15) is 113 Å². The molecule has 14 atom stereocenters. The van der Waals surface area contributed by atoms with Crippen LogP contribution < -0.4 is 10.6 Å². The lowest BCUT2D eigenvalue weighted by Gasteiger charge is -2.47. The van der Waals surface area contributed by atoms with Crippen LogP contribution in [0.3, 0.4) is 0 Å². The van der Waals surface area contributed by atoms with E-state index in [2.05, 4.69) is 10.6 Å². The van der Waals surface area contributed by atoms with Crippen LogP contribution in [0.15, 0.2) is 0 Å². The number of esters is 4. The number of hydrogen-bond acceptors (Lipinski definition) is 19. The average Bonchev–Trinajstić information content (AvgIpc) is 3.22. The van der Waals surface area contributed by atoms with Gasteiger partial charge in [-0.2, -0.15) is 0 Å². The highest BCUT2D eigenvalue weighted by Gasteiger charge is 2.53. The molecule has 0 radical (unpaired) electrons. The second-order valence-electron chi connectivity index (χ2n) is 15.3. The Balaban J connectivity index is 2.59. The number of rotatable bonds is 26. The molecule has 2 saturated heterocycles. The molecule has 2 amide bonds. The third-order valence-corrected chi connectivity index (χ3v) is 10.8. The van der Waals surface area contributed by atoms with E-state index in [-0.39, 0.29) is 44.9 Å². The van der Waals surface area contributed by atoms with Crippen LogP contribution >= 0.6 is 7.82 Å². The van der Waals surface area contributed by atoms with Crippen LogP contribution in [0.25, 0.3) is 0 Å². The van der Waals surface area contributed by atoms with E-state index in [0.717, 1.165) is 0 Å². The summed E-state index contributed by atoms with van der Waals surface area (Å²) in [4.78, 5) is 96.9. The summed E-state index contributed by atoms with van der Waals surface area (Å²) in [6.45, 7) is 9.42. The van der Waals surface area contributed by atoms with Crippen molar-refractivity contribution in [3.63, 3.8) is 0 Å². The molecule has 23 nitrogen and oxygen atoms in total. The zero-order valence-corrected chi connectivity index (χ0v) is 37.7. The molecule has 2 heterocycles. The number of carbonyl (C=O) groups is 6. The minimum atomic E-state index is -5.47. The van der Waals surface area contributed by atoms with Crippen molar-refractivity contribution in [1.82, 2.24) is 10.6 Å². The van der Waals surface area contributed by atoms with Gasteiger partial charge in [0.2, 0.25) is 11.8 Å². The van der Waals surface area contributed by atoms with Crippen LogP contribution in [0.2, 0.25) is 0 Å². The largest absolute Gasteiger partial charge is 0.470 e. The number of amides is 2. The molecule has 364 valence electrons. The lowest BCUT2D eigenvalue weighted by atomic mass is 9.92. The van der Waals surface area contributed by atoms with E-state index in [1.165, 1.54) is 13.8 Å². The van der Waals surface area contributed by atoms with Gasteiger partial charge in [-0.15, -0.1) is 0 Å². The van der Waals surface area contributed by atoms with Gasteiger partial charge in [0, 0.05) is 12.8 Å². The summed E-state index contributed by atoms with van der Waals surface area (Å²) in [5, 5.41) is 47.4. The fourth-order valence-corrected chi connectivity index (χ4v) is 7.20. The Kier molecular flexibility index (Phi) is 24.1. The van der Waals surface area contributed by atoms with E-state index in [9.17, 15) is 63.5 Å². The lowest BCUT2D eigenvalue weighted by Crippen LogP contribution is -2.67. The monoisotopic (exact) mass is 930 g/mol. The molecule has 0 aromatic heterocycles. The molecule has 0 aromatic rings. The SMILES string of the molecule is CCC(=O)O[C@H](CC)CC(=O)NC1[C@H](OCC2O[C@@H](C)C(NC(=O)C[C@H](O)CC)[C@@H](OC(=O)C[C@H](O)CC)[C@@H]2O)OC(CO)[C@@H](OP(=O)(O)O)[C@@H]1OC(=O)C[C@@H](CC)OC(=O)CC. The maximum atomic E-state index is 13.7. The molecule has 2 rings (SSSR count). The molecule has 63 heavy (non-hydrogen) atoms. The Bertz CT molecular complexity index is 1530. The molecule has 24 heteroatoms. The Labute approximate surface area is 366 Å². The Morgan fingerprint density at radius 1 is 0.651 bits per heavy atom. The van der Waals surface area contributed by atoms with Crippen LogP contribution in [-0.2, 0) is 71.0 Å². The van der Waals surface area contributed by atoms with Crippen molar-refractivity contribution >= 4 is 43.5 Å². The minimum absolute atomic E-state index is 0.00233. The Morgan fingerprint density at radius 3 is 1.68 bits per heavy atom. The molecule has 0 aromatic carbocycles. The van der Waals surface area contributed by atoms with Gasteiger partial charge in [0.05, 0.1) is 63.3 Å². The van der Waals surface area contributed by atoms with Gasteiger partial charge >= 0.3 is 31.7 Å². The van der Waals surface area contributed by atoms with E-state index >= 15 is 0 Å². The standard InChI is InChI=1S/C39H67N2O21P/c1-8-21(43)14-27(45)40-33-20(7)56-26(35(51)37(33)60-31(49)15-22(44)9-2)19-55-39-34(41-28(46)16-23(10-3)57-29(47)12-5)38(36(25(18-42)59-39)62-63(52,53)54)61-32(50)17-24(11-4)58-30(48)13-6/h20-26,33-39,42-44,51H,8-19H2,1-7H3,(H,40,45)(H,41,46)(H2,52,53,54)/t20-,21+,22+,23+,24+,25?,26?,33?,34?,35+,36+,37+,38+,39+/m0/s1. The van der Waals surface area contributed by atoms with Gasteiger partial charge in [-0.1, -0.05) is 41.5 Å². The molecule has 2 aliphatic rings. The van der Waals surface area contributed by atoms with Gasteiger partial charge in [0.15, 0.2) is 18.5 Å². The number of aliphatic hydroxyl groups is 4. The summed E-state index contributed by atoms with van der Waals surface area (Å²) in [5.41, 5.74) is 0. The second-order valence-corrected chi connectivity index (χ2v) is 16.5. The van der Waals surface area contributed by atoms with E-state index in [1.54, 1.807) is 34.6 Å². The second kappa shape index (κ2) is 27.2. The van der Waals surface area contributed by atoms with Crippen molar-refractivity contribution in [1.29, 1.82) is 0 Å². The predicted octanol–water partition coefficient (Wildman–Crippen LogP) is -0.295. The van der Waals surface area contributed by atoms with Gasteiger partial charge in [0.25, 0.3) is 0 Å². The molecular formula is C39H67N2O21P. The number of phosphoric ester groups is 1. The van der Waals surface area contributed by atoms with Crippen molar-refractivity contribution in [3.8, 4) is 0 Å². The number of carbonyl (C=O) groups excluding carboxylic acids is 6. The number of aliphatic hydroxyl groups excluding tert-OH is 4. The minimum Gasteiger partial charge on any atom is -0.462 e. The van der Waals surface area contributed by atoms with Crippen LogP contribution in [0.4, 0.5) is 0 Å². The first kappa shape index (κ1) is 55.8. The Hall–Kier alpha value is -3.35. The molecule has 0 saturated carbocycles. The van der Waals surface area contributed by atoms with E-state index in [1.807, 2.05) is 0 Å². The van der Waals surface area contributed by atoms with Crippen LogP contribution in [0.5, 0.6) is 0 Å². The van der Waals surface area contributed by atoms with Crippen molar-refractivity contribution in [2.75, 3.05) is 13.2 Å². The molecule has 4 unspecified atom stereocenters. The molecule has 8 N–H and O–H groups in total. The maximum absolute atomic E-state index is 13.7. The van der Waals surface area contributed by atoms with Crippen LogP contribution in [0, 0.1) is 0 Å². The first-order valence-corrected chi connectivity index (χ1v) is 22.8. The number of phosphoric acid groups is 1. The molecule has 2 fully saturated rings. The highest BCUT2D eigenvalue weighted by atomic mass is 31.2. The summed E-state index contributed by atoms with van der Waals surface area (Å²) >= 11 is 0. The van der Waals surface area contributed by atoms with E-state index in [4.69, 9.17) is 37.7 Å². The fraction of sp³-hybridized carbons (Fsp3) is 0.846. The van der Waals surface area contributed by atoms with Gasteiger partial charge in [-0.3, -0.25) is 33.3 Å². The summed E-state index contributed by atoms with van der Waals surface area (Å²) in [5.74, 6) is -4.76. The molecular weight excluding hydrogens is 863 g/mol. The number of hydrogen-bond donors (Lipinski definition) is 8. The summed E-state index contributed by atoms with van der Waals surface area (Å²) in [6, 6.07) is -2.92. The van der Waals surface area contributed by atoms with Crippen molar-refractivity contribution < 1.29 is 101 Å². The predicted molar refractivity (Wildman–Crippen MR) is 215 cm³/mol. The van der Waals surface area contributed by atoms with Gasteiger partial charge in [-0.25, -0.2) is 4.57 Å². The zero-order valence-electron chi connectivity index (χ0n) is 36.8. The van der Waals surface area contributed by atoms with Crippen molar-refractivity contribution in [2.24, 2.45) is 0 Å².